The second-order valence-electron chi connectivity index (χ2n) is 5.28. The molecule has 0 saturated heterocycles. The lowest BCUT2D eigenvalue weighted by molar-refractivity contribution is 0.271. The first-order chi connectivity index (χ1) is 8.30. The van der Waals surface area contributed by atoms with Crippen LogP contribution in [0.2, 0.25) is 0 Å². The summed E-state index contributed by atoms with van der Waals surface area (Å²) in [5.74, 6) is 0. The zero-order valence-electron chi connectivity index (χ0n) is 10.7. The molecule has 0 bridgehead atoms. The lowest BCUT2D eigenvalue weighted by atomic mass is 9.67. The smallest absolute Gasteiger partial charge is 0.0991 e. The Bertz CT molecular complexity index is 385. The van der Waals surface area contributed by atoms with Gasteiger partial charge >= 0.3 is 0 Å². The van der Waals surface area contributed by atoms with E-state index in [0.717, 1.165) is 5.56 Å². The molecule has 1 aromatic rings. The van der Waals surface area contributed by atoms with E-state index in [4.69, 9.17) is 5.26 Å². The molecule has 2 rings (SSSR count). The minimum Gasteiger partial charge on any atom is -0.192 e. The summed E-state index contributed by atoms with van der Waals surface area (Å²) < 4.78 is 0. The van der Waals surface area contributed by atoms with Gasteiger partial charge < -0.3 is 0 Å². The molecule has 0 amide bonds. The van der Waals surface area contributed by atoms with Crippen molar-refractivity contribution in [2.24, 2.45) is 0 Å². The topological polar surface area (TPSA) is 23.8 Å². The molecule has 0 aliphatic heterocycles. The van der Waals surface area contributed by atoms with Crippen LogP contribution in [0.1, 0.15) is 63.0 Å². The molecule has 0 atom stereocenters. The Balaban J connectivity index is 2.28. The van der Waals surface area contributed by atoms with Crippen LogP contribution in [-0.2, 0) is 5.41 Å². The summed E-state index contributed by atoms with van der Waals surface area (Å²) in [5, 5.41) is 8.86. The summed E-state index contributed by atoms with van der Waals surface area (Å²) in [4.78, 5) is 0. The van der Waals surface area contributed by atoms with Gasteiger partial charge in [0.1, 0.15) is 0 Å². The Labute approximate surface area is 104 Å². The predicted molar refractivity (Wildman–Crippen MR) is 70.8 cm³/mol. The van der Waals surface area contributed by atoms with Crippen molar-refractivity contribution in [3.63, 3.8) is 0 Å². The van der Waals surface area contributed by atoms with Gasteiger partial charge in [0.2, 0.25) is 0 Å². The van der Waals surface area contributed by atoms with Crippen LogP contribution in [-0.4, -0.2) is 0 Å². The highest BCUT2D eigenvalue weighted by Crippen LogP contribution is 2.42. The van der Waals surface area contributed by atoms with E-state index in [9.17, 15) is 0 Å². The van der Waals surface area contributed by atoms with Gasteiger partial charge in [-0.2, -0.15) is 5.26 Å². The van der Waals surface area contributed by atoms with Gasteiger partial charge in [0.05, 0.1) is 11.6 Å². The molecule has 90 valence electrons. The standard InChI is InChI=1S/C16H21N/c1-2-10-16(11-4-3-5-12-16)15-8-6-14(13-17)7-9-15/h6-9H,2-5,10-12H2,1H3. The first-order valence-electron chi connectivity index (χ1n) is 6.81. The second-order valence-corrected chi connectivity index (χ2v) is 5.28. The number of nitrogens with zero attached hydrogens (tertiary/aromatic N) is 1. The molecule has 1 aliphatic rings. The number of nitriles is 1. The largest absolute Gasteiger partial charge is 0.192 e. The predicted octanol–water partition coefficient (Wildman–Crippen LogP) is 4.56. The van der Waals surface area contributed by atoms with Gasteiger partial charge in [-0.25, -0.2) is 0 Å². The van der Waals surface area contributed by atoms with Crippen molar-refractivity contribution in [1.29, 1.82) is 5.26 Å². The van der Waals surface area contributed by atoms with Crippen LogP contribution >= 0.6 is 0 Å². The third-order valence-corrected chi connectivity index (χ3v) is 4.17. The van der Waals surface area contributed by atoms with Gasteiger partial charge in [-0.15, -0.1) is 0 Å². The highest BCUT2D eigenvalue weighted by atomic mass is 14.4. The van der Waals surface area contributed by atoms with Crippen molar-refractivity contribution >= 4 is 0 Å². The molecule has 0 unspecified atom stereocenters. The average molecular weight is 227 g/mol. The highest BCUT2D eigenvalue weighted by molar-refractivity contribution is 5.35. The fourth-order valence-electron chi connectivity index (χ4n) is 3.29. The maximum absolute atomic E-state index is 8.86. The quantitative estimate of drug-likeness (QED) is 0.742. The molecule has 0 radical (unpaired) electrons. The van der Waals surface area contributed by atoms with Crippen molar-refractivity contribution in [3.8, 4) is 6.07 Å². The Morgan fingerprint density at radius 1 is 1.12 bits per heavy atom. The highest BCUT2D eigenvalue weighted by Gasteiger charge is 2.32. The van der Waals surface area contributed by atoms with Crippen molar-refractivity contribution in [2.45, 2.75) is 57.3 Å². The van der Waals surface area contributed by atoms with Crippen LogP contribution in [0.25, 0.3) is 0 Å². The van der Waals surface area contributed by atoms with Gasteiger partial charge in [-0.3, -0.25) is 0 Å². The van der Waals surface area contributed by atoms with Crippen molar-refractivity contribution in [2.75, 3.05) is 0 Å². The van der Waals surface area contributed by atoms with E-state index < -0.39 is 0 Å². The van der Waals surface area contributed by atoms with Crippen LogP contribution in [0.3, 0.4) is 0 Å². The lowest BCUT2D eigenvalue weighted by Gasteiger charge is -2.38. The van der Waals surface area contributed by atoms with E-state index >= 15 is 0 Å². The van der Waals surface area contributed by atoms with Gasteiger partial charge in [0.25, 0.3) is 0 Å². The molecule has 1 heteroatoms. The van der Waals surface area contributed by atoms with Gasteiger partial charge in [-0.1, -0.05) is 44.7 Å². The van der Waals surface area contributed by atoms with Crippen molar-refractivity contribution in [1.82, 2.24) is 0 Å². The van der Waals surface area contributed by atoms with E-state index in [1.807, 2.05) is 12.1 Å². The Morgan fingerprint density at radius 2 is 1.76 bits per heavy atom. The van der Waals surface area contributed by atoms with E-state index in [2.05, 4.69) is 25.1 Å². The van der Waals surface area contributed by atoms with Gasteiger partial charge in [0.15, 0.2) is 0 Å². The third-order valence-electron chi connectivity index (χ3n) is 4.17. The lowest BCUT2D eigenvalue weighted by Crippen LogP contribution is -2.28. The summed E-state index contributed by atoms with van der Waals surface area (Å²) in [6.45, 7) is 2.28. The molecule has 17 heavy (non-hydrogen) atoms. The fourth-order valence-corrected chi connectivity index (χ4v) is 3.29. The first-order valence-corrected chi connectivity index (χ1v) is 6.81. The molecule has 0 aromatic heterocycles. The summed E-state index contributed by atoms with van der Waals surface area (Å²) in [7, 11) is 0. The van der Waals surface area contributed by atoms with E-state index in [-0.39, 0.29) is 0 Å². The zero-order valence-corrected chi connectivity index (χ0v) is 10.7. The Kier molecular flexibility index (Phi) is 3.84. The molecular weight excluding hydrogens is 206 g/mol. The summed E-state index contributed by atoms with van der Waals surface area (Å²) in [6.07, 6.45) is 9.31. The van der Waals surface area contributed by atoms with Crippen LogP contribution in [0, 0.1) is 11.3 Å². The number of rotatable bonds is 3. The van der Waals surface area contributed by atoms with E-state index in [1.165, 1.54) is 50.5 Å². The molecule has 0 spiro atoms. The summed E-state index contributed by atoms with van der Waals surface area (Å²) >= 11 is 0. The minimum atomic E-state index is 0.404. The maximum Gasteiger partial charge on any atom is 0.0991 e. The third kappa shape index (κ3) is 2.52. The molecule has 1 nitrogen and oxygen atoms in total. The van der Waals surface area contributed by atoms with E-state index in [0.29, 0.717) is 5.41 Å². The molecule has 0 N–H and O–H groups in total. The maximum atomic E-state index is 8.86. The second kappa shape index (κ2) is 5.36. The minimum absolute atomic E-state index is 0.404. The molecule has 1 saturated carbocycles. The number of hydrogen-bond acceptors (Lipinski definition) is 1. The van der Waals surface area contributed by atoms with Crippen molar-refractivity contribution < 1.29 is 0 Å². The first kappa shape index (κ1) is 12.2. The molecule has 1 aliphatic carbocycles. The van der Waals surface area contributed by atoms with Gasteiger partial charge in [-0.05, 0) is 42.4 Å². The Morgan fingerprint density at radius 3 is 2.29 bits per heavy atom. The average Bonchev–Trinajstić information content (AvgIpc) is 2.40. The van der Waals surface area contributed by atoms with Gasteiger partial charge in [0, 0.05) is 0 Å². The SMILES string of the molecule is CCCC1(c2ccc(C#N)cc2)CCCCC1. The normalized spacial score (nSPS) is 18.6. The molecule has 1 aromatic carbocycles. The molecular formula is C16H21N. The number of hydrogen-bond donors (Lipinski definition) is 0. The van der Waals surface area contributed by atoms with Crippen LogP contribution in [0.15, 0.2) is 24.3 Å². The van der Waals surface area contributed by atoms with E-state index in [1.54, 1.807) is 0 Å². The van der Waals surface area contributed by atoms with Crippen LogP contribution in [0.4, 0.5) is 0 Å². The fraction of sp³-hybridized carbons (Fsp3) is 0.562. The zero-order chi connectivity index (χ0) is 12.1. The number of benzene rings is 1. The Hall–Kier alpha value is -1.29. The molecule has 0 heterocycles. The monoisotopic (exact) mass is 227 g/mol. The molecule has 1 fully saturated rings. The summed E-state index contributed by atoms with van der Waals surface area (Å²) in [5.41, 5.74) is 2.63. The van der Waals surface area contributed by atoms with Crippen LogP contribution in [0.5, 0.6) is 0 Å². The van der Waals surface area contributed by atoms with Crippen LogP contribution < -0.4 is 0 Å². The summed E-state index contributed by atoms with van der Waals surface area (Å²) in [6, 6.07) is 10.5. The van der Waals surface area contributed by atoms with Crippen molar-refractivity contribution in [3.05, 3.63) is 35.4 Å².